The van der Waals surface area contributed by atoms with Crippen LogP contribution in [0.1, 0.15) is 33.6 Å². The van der Waals surface area contributed by atoms with Crippen LogP contribution in [0.25, 0.3) is 0 Å². The lowest BCUT2D eigenvalue weighted by atomic mass is 9.97. The minimum absolute atomic E-state index is 0.0689. The summed E-state index contributed by atoms with van der Waals surface area (Å²) in [4.78, 5) is 0. The highest BCUT2D eigenvalue weighted by Gasteiger charge is 2.38. The molecule has 1 atom stereocenters. The van der Waals surface area contributed by atoms with Gasteiger partial charge in [0.1, 0.15) is 0 Å². The van der Waals surface area contributed by atoms with E-state index in [1.54, 1.807) is 0 Å². The quantitative estimate of drug-likeness (QED) is 0.264. The number of amidine groups is 1. The Morgan fingerprint density at radius 3 is 2.54 bits per heavy atom. The molecule has 0 aromatic heterocycles. The van der Waals surface area contributed by atoms with Gasteiger partial charge >= 0.3 is 0 Å². The molecule has 76 valence electrons. The molecule has 0 saturated heterocycles. The molecule has 0 aromatic rings. The second-order valence-corrected chi connectivity index (χ2v) is 4.39. The number of rotatable bonds is 4. The zero-order valence-electron chi connectivity index (χ0n) is 8.54. The van der Waals surface area contributed by atoms with Crippen LogP contribution in [0.4, 0.5) is 0 Å². The van der Waals surface area contributed by atoms with Gasteiger partial charge in [-0.3, -0.25) is 0 Å². The van der Waals surface area contributed by atoms with Crippen LogP contribution in [0.15, 0.2) is 5.16 Å². The van der Waals surface area contributed by atoms with Gasteiger partial charge in [0.05, 0.1) is 6.04 Å². The lowest BCUT2D eigenvalue weighted by molar-refractivity contribution is 0.303. The highest BCUT2D eigenvalue weighted by Crippen LogP contribution is 2.39. The summed E-state index contributed by atoms with van der Waals surface area (Å²) in [6, 6.07) is -0.0689. The van der Waals surface area contributed by atoms with E-state index < -0.39 is 0 Å². The van der Waals surface area contributed by atoms with Gasteiger partial charge in [-0.15, -0.1) is 0 Å². The van der Waals surface area contributed by atoms with E-state index in [1.807, 2.05) is 6.92 Å². The van der Waals surface area contributed by atoms with Gasteiger partial charge in [0.2, 0.25) is 0 Å². The predicted molar refractivity (Wildman–Crippen MR) is 52.8 cm³/mol. The van der Waals surface area contributed by atoms with Crippen LogP contribution in [0.2, 0.25) is 0 Å². The van der Waals surface area contributed by atoms with Crippen LogP contribution < -0.4 is 11.1 Å². The summed E-state index contributed by atoms with van der Waals surface area (Å²) in [6.45, 7) is 6.22. The molecule has 1 unspecified atom stereocenters. The molecule has 0 bridgehead atoms. The average Bonchev–Trinajstić information content (AvgIpc) is 2.84. The number of nitrogens with one attached hydrogen (secondary N) is 1. The molecule has 1 fully saturated rings. The molecule has 4 N–H and O–H groups in total. The smallest absolute Gasteiger partial charge is 0.156 e. The summed E-state index contributed by atoms with van der Waals surface area (Å²) >= 11 is 0. The molecule has 4 nitrogen and oxygen atoms in total. The van der Waals surface area contributed by atoms with Crippen LogP contribution in [0.5, 0.6) is 0 Å². The van der Waals surface area contributed by atoms with Crippen LogP contribution in [-0.2, 0) is 0 Å². The van der Waals surface area contributed by atoms with E-state index in [1.165, 1.54) is 12.8 Å². The summed E-state index contributed by atoms with van der Waals surface area (Å²) in [5.74, 6) is 0.982. The molecular weight excluding hydrogens is 166 g/mol. The minimum Gasteiger partial charge on any atom is -0.409 e. The molecular formula is C9H19N3O. The van der Waals surface area contributed by atoms with E-state index >= 15 is 0 Å². The largest absolute Gasteiger partial charge is 0.409 e. The molecule has 1 saturated carbocycles. The third-order valence-electron chi connectivity index (χ3n) is 2.75. The van der Waals surface area contributed by atoms with Gasteiger partial charge in [0.15, 0.2) is 5.84 Å². The Bertz CT molecular complexity index is 209. The normalized spacial score (nSPS) is 21.6. The van der Waals surface area contributed by atoms with Crippen molar-refractivity contribution in [2.24, 2.45) is 16.8 Å². The van der Waals surface area contributed by atoms with Crippen molar-refractivity contribution < 1.29 is 5.21 Å². The van der Waals surface area contributed by atoms with Gasteiger partial charge in [0.25, 0.3) is 0 Å². The first-order valence-corrected chi connectivity index (χ1v) is 4.72. The number of nitrogens with two attached hydrogens (primary N) is 1. The second kappa shape index (κ2) is 3.54. The molecule has 0 aromatic carbocycles. The summed E-state index contributed by atoms with van der Waals surface area (Å²) in [7, 11) is 0. The van der Waals surface area contributed by atoms with Crippen molar-refractivity contribution in [1.29, 1.82) is 0 Å². The minimum atomic E-state index is -0.0689. The van der Waals surface area contributed by atoms with Crippen molar-refractivity contribution in [3.8, 4) is 0 Å². The topological polar surface area (TPSA) is 70.6 Å². The van der Waals surface area contributed by atoms with E-state index in [-0.39, 0.29) is 17.4 Å². The third kappa shape index (κ3) is 2.59. The first-order chi connectivity index (χ1) is 5.97. The zero-order valence-corrected chi connectivity index (χ0v) is 8.54. The van der Waals surface area contributed by atoms with Gasteiger partial charge in [-0.05, 0) is 39.5 Å². The Kier molecular flexibility index (Phi) is 2.81. The Labute approximate surface area is 79.2 Å². The van der Waals surface area contributed by atoms with Crippen molar-refractivity contribution in [2.75, 3.05) is 0 Å². The van der Waals surface area contributed by atoms with Gasteiger partial charge < -0.3 is 16.3 Å². The van der Waals surface area contributed by atoms with E-state index in [9.17, 15) is 0 Å². The van der Waals surface area contributed by atoms with Crippen molar-refractivity contribution in [3.05, 3.63) is 0 Å². The standard InChI is InChI=1S/C9H19N3O/c1-6(8(10)12-13)11-9(2,3)7-4-5-7/h6-7,11,13H,4-5H2,1-3H3,(H2,10,12). The second-order valence-electron chi connectivity index (χ2n) is 4.39. The van der Waals surface area contributed by atoms with Crippen LogP contribution >= 0.6 is 0 Å². The van der Waals surface area contributed by atoms with Crippen molar-refractivity contribution in [1.82, 2.24) is 5.32 Å². The summed E-state index contributed by atoms with van der Waals surface area (Å²) in [5, 5.41) is 14.8. The lowest BCUT2D eigenvalue weighted by Crippen LogP contribution is -2.51. The van der Waals surface area contributed by atoms with E-state index in [4.69, 9.17) is 10.9 Å². The van der Waals surface area contributed by atoms with E-state index in [0.29, 0.717) is 0 Å². The molecule has 0 aliphatic heterocycles. The number of hydrogen-bond donors (Lipinski definition) is 3. The molecule has 1 aliphatic rings. The Balaban J connectivity index is 2.46. The molecule has 1 aliphatic carbocycles. The van der Waals surface area contributed by atoms with Gasteiger partial charge in [0, 0.05) is 5.54 Å². The number of hydrogen-bond acceptors (Lipinski definition) is 3. The maximum Gasteiger partial charge on any atom is 0.156 e. The maximum atomic E-state index is 8.48. The summed E-state index contributed by atoms with van der Waals surface area (Å²) in [5.41, 5.74) is 5.57. The highest BCUT2D eigenvalue weighted by molar-refractivity contribution is 5.84. The van der Waals surface area contributed by atoms with E-state index in [2.05, 4.69) is 24.3 Å². The van der Waals surface area contributed by atoms with Gasteiger partial charge in [-0.25, -0.2) is 0 Å². The first-order valence-electron chi connectivity index (χ1n) is 4.72. The molecule has 0 amide bonds. The predicted octanol–water partition coefficient (Wildman–Crippen LogP) is 0.900. The summed E-state index contributed by atoms with van der Waals surface area (Å²) in [6.07, 6.45) is 2.56. The maximum absolute atomic E-state index is 8.48. The van der Waals surface area contributed by atoms with Crippen LogP contribution in [-0.4, -0.2) is 22.6 Å². The molecule has 4 heteroatoms. The number of nitrogens with zero attached hydrogens (tertiary/aromatic N) is 1. The van der Waals surface area contributed by atoms with Gasteiger partial charge in [-0.1, -0.05) is 5.16 Å². The Hall–Kier alpha value is -0.770. The summed E-state index contributed by atoms with van der Waals surface area (Å²) < 4.78 is 0. The Morgan fingerprint density at radius 2 is 2.15 bits per heavy atom. The van der Waals surface area contributed by atoms with Crippen LogP contribution in [0, 0.1) is 5.92 Å². The Morgan fingerprint density at radius 1 is 1.62 bits per heavy atom. The number of oxime groups is 1. The lowest BCUT2D eigenvalue weighted by Gasteiger charge is -2.29. The molecule has 0 spiro atoms. The highest BCUT2D eigenvalue weighted by atomic mass is 16.4. The fourth-order valence-electron chi connectivity index (χ4n) is 1.64. The van der Waals surface area contributed by atoms with Crippen molar-refractivity contribution in [3.63, 3.8) is 0 Å². The molecule has 0 radical (unpaired) electrons. The monoisotopic (exact) mass is 185 g/mol. The zero-order chi connectivity index (χ0) is 10.1. The fourth-order valence-corrected chi connectivity index (χ4v) is 1.64. The van der Waals surface area contributed by atoms with E-state index in [0.717, 1.165) is 5.92 Å². The van der Waals surface area contributed by atoms with Gasteiger partial charge in [-0.2, -0.15) is 0 Å². The molecule has 1 rings (SSSR count). The van der Waals surface area contributed by atoms with Crippen LogP contribution in [0.3, 0.4) is 0 Å². The first kappa shape index (κ1) is 10.3. The third-order valence-corrected chi connectivity index (χ3v) is 2.75. The van der Waals surface area contributed by atoms with Crippen molar-refractivity contribution >= 4 is 5.84 Å². The molecule has 13 heavy (non-hydrogen) atoms. The fraction of sp³-hybridized carbons (Fsp3) is 0.889. The SMILES string of the molecule is CC(NC(C)(C)C1CC1)C(N)=NO. The van der Waals surface area contributed by atoms with Crippen molar-refractivity contribution in [2.45, 2.75) is 45.2 Å². The molecule has 0 heterocycles. The average molecular weight is 185 g/mol.